The van der Waals surface area contributed by atoms with Crippen LogP contribution in [0.1, 0.15) is 44.5 Å². The van der Waals surface area contributed by atoms with Crippen LogP contribution >= 0.6 is 0 Å². The molecule has 1 aliphatic heterocycles. The summed E-state index contributed by atoms with van der Waals surface area (Å²) >= 11 is 0. The van der Waals surface area contributed by atoms with Gasteiger partial charge in [0.05, 0.1) is 5.69 Å². The molecule has 0 saturated heterocycles. The van der Waals surface area contributed by atoms with Crippen LogP contribution in [-0.2, 0) is 13.1 Å². The van der Waals surface area contributed by atoms with Crippen LogP contribution < -0.4 is 0 Å². The molecular weight excluding hydrogens is 184 g/mol. The van der Waals surface area contributed by atoms with Gasteiger partial charge in [0.25, 0.3) is 0 Å². The smallest absolute Gasteiger partial charge is 0.0591 e. The summed E-state index contributed by atoms with van der Waals surface area (Å²) in [7, 11) is 2.13. The minimum Gasteiger partial charge on any atom is -0.296 e. The van der Waals surface area contributed by atoms with E-state index in [0.29, 0.717) is 0 Å². The van der Waals surface area contributed by atoms with Crippen LogP contribution in [0.4, 0.5) is 0 Å². The van der Waals surface area contributed by atoms with Crippen molar-refractivity contribution < 1.29 is 0 Å². The van der Waals surface area contributed by atoms with Gasteiger partial charge in [-0.2, -0.15) is 0 Å². The first-order valence-electron chi connectivity index (χ1n) is 5.89. The first-order valence-corrected chi connectivity index (χ1v) is 5.89. The Morgan fingerprint density at radius 2 is 1.73 bits per heavy atom. The molecule has 0 spiro atoms. The predicted molar refractivity (Wildman–Crippen MR) is 66.8 cm³/mol. The van der Waals surface area contributed by atoms with Gasteiger partial charge in [-0.3, -0.25) is 9.88 Å². The maximum Gasteiger partial charge on any atom is 0.0591 e. The third kappa shape index (κ3) is 3.63. The van der Waals surface area contributed by atoms with E-state index in [4.69, 9.17) is 0 Å². The molecule has 2 rings (SSSR count). The summed E-state index contributed by atoms with van der Waals surface area (Å²) in [5.41, 5.74) is 4.06. The van der Waals surface area contributed by atoms with Crippen molar-refractivity contribution >= 4 is 0 Å². The molecule has 2 heterocycles. The van der Waals surface area contributed by atoms with Crippen molar-refractivity contribution in [2.24, 2.45) is 0 Å². The minimum absolute atomic E-state index is 1.01. The highest BCUT2D eigenvalue weighted by molar-refractivity contribution is 5.31. The third-order valence-corrected chi connectivity index (χ3v) is 2.23. The largest absolute Gasteiger partial charge is 0.296 e. The molecule has 0 radical (unpaired) electrons. The second-order valence-corrected chi connectivity index (χ2v) is 3.23. The normalized spacial score (nSPS) is 13.2. The Kier molecular flexibility index (Phi) is 6.97. The SMILES string of the molecule is CC.CC.Cc1ccnc2c1CN(C)C2. The van der Waals surface area contributed by atoms with E-state index in [9.17, 15) is 0 Å². The molecule has 0 N–H and O–H groups in total. The van der Waals surface area contributed by atoms with E-state index in [1.165, 1.54) is 16.8 Å². The van der Waals surface area contributed by atoms with Crippen molar-refractivity contribution in [3.05, 3.63) is 29.1 Å². The van der Waals surface area contributed by atoms with Gasteiger partial charge >= 0.3 is 0 Å². The van der Waals surface area contributed by atoms with Crippen LogP contribution in [0.15, 0.2) is 12.3 Å². The van der Waals surface area contributed by atoms with Gasteiger partial charge in [-0.1, -0.05) is 27.7 Å². The first-order chi connectivity index (χ1) is 7.27. The molecule has 1 aliphatic rings. The first kappa shape index (κ1) is 14.1. The number of aryl methyl sites for hydroxylation is 1. The van der Waals surface area contributed by atoms with Crippen molar-refractivity contribution in [3.8, 4) is 0 Å². The molecule has 0 unspecified atom stereocenters. The summed E-state index contributed by atoms with van der Waals surface area (Å²) in [6.07, 6.45) is 1.90. The Morgan fingerprint density at radius 1 is 1.13 bits per heavy atom. The minimum atomic E-state index is 1.01. The van der Waals surface area contributed by atoms with E-state index in [2.05, 4.69) is 29.9 Å². The summed E-state index contributed by atoms with van der Waals surface area (Å²) in [5, 5.41) is 0. The summed E-state index contributed by atoms with van der Waals surface area (Å²) in [6.45, 7) is 12.2. The van der Waals surface area contributed by atoms with E-state index in [1.807, 2.05) is 33.9 Å². The molecule has 0 amide bonds. The monoisotopic (exact) mass is 208 g/mol. The van der Waals surface area contributed by atoms with E-state index in [-0.39, 0.29) is 0 Å². The number of rotatable bonds is 0. The average Bonchev–Trinajstić information content (AvgIpc) is 2.66. The Bertz CT molecular complexity index is 282. The molecule has 2 nitrogen and oxygen atoms in total. The number of fused-ring (bicyclic) bond motifs is 1. The second kappa shape index (κ2) is 7.41. The maximum atomic E-state index is 4.33. The van der Waals surface area contributed by atoms with Crippen molar-refractivity contribution in [1.82, 2.24) is 9.88 Å². The number of aromatic nitrogens is 1. The fourth-order valence-electron chi connectivity index (χ4n) is 1.58. The average molecular weight is 208 g/mol. The van der Waals surface area contributed by atoms with Crippen molar-refractivity contribution in [2.45, 2.75) is 47.7 Å². The number of hydrogen-bond acceptors (Lipinski definition) is 2. The molecule has 86 valence electrons. The lowest BCUT2D eigenvalue weighted by molar-refractivity contribution is 0.351. The summed E-state index contributed by atoms with van der Waals surface area (Å²) in [4.78, 5) is 6.61. The van der Waals surface area contributed by atoms with Gasteiger partial charge in [0.1, 0.15) is 0 Å². The number of nitrogens with zero attached hydrogens (tertiary/aromatic N) is 2. The van der Waals surface area contributed by atoms with Gasteiger partial charge in [-0.05, 0) is 31.2 Å². The molecule has 0 bridgehead atoms. The highest BCUT2D eigenvalue weighted by atomic mass is 15.1. The van der Waals surface area contributed by atoms with Crippen LogP contribution in [0.5, 0.6) is 0 Å². The summed E-state index contributed by atoms with van der Waals surface area (Å²) < 4.78 is 0. The lowest BCUT2D eigenvalue weighted by Gasteiger charge is -2.03. The van der Waals surface area contributed by atoms with E-state index < -0.39 is 0 Å². The lowest BCUT2D eigenvalue weighted by Crippen LogP contribution is -2.07. The zero-order chi connectivity index (χ0) is 11.8. The molecule has 0 saturated carbocycles. The van der Waals surface area contributed by atoms with Gasteiger partial charge < -0.3 is 0 Å². The summed E-state index contributed by atoms with van der Waals surface area (Å²) in [5.74, 6) is 0. The van der Waals surface area contributed by atoms with E-state index in [0.717, 1.165) is 13.1 Å². The van der Waals surface area contributed by atoms with Gasteiger partial charge in [0.2, 0.25) is 0 Å². The van der Waals surface area contributed by atoms with Gasteiger partial charge in [-0.25, -0.2) is 0 Å². The van der Waals surface area contributed by atoms with Gasteiger partial charge in [0, 0.05) is 19.3 Å². The van der Waals surface area contributed by atoms with Crippen molar-refractivity contribution in [3.63, 3.8) is 0 Å². The summed E-state index contributed by atoms with van der Waals surface area (Å²) in [6, 6.07) is 2.08. The molecule has 1 aromatic heterocycles. The van der Waals surface area contributed by atoms with Crippen molar-refractivity contribution in [2.75, 3.05) is 7.05 Å². The van der Waals surface area contributed by atoms with Crippen LogP contribution in [0.2, 0.25) is 0 Å². The Morgan fingerprint density at radius 3 is 2.27 bits per heavy atom. The molecule has 0 aromatic carbocycles. The molecular formula is C13H24N2. The highest BCUT2D eigenvalue weighted by Gasteiger charge is 2.17. The molecule has 0 atom stereocenters. The molecule has 15 heavy (non-hydrogen) atoms. The van der Waals surface area contributed by atoms with Crippen molar-refractivity contribution in [1.29, 1.82) is 0 Å². The van der Waals surface area contributed by atoms with E-state index in [1.54, 1.807) is 0 Å². The Hall–Kier alpha value is -0.890. The zero-order valence-corrected chi connectivity index (χ0v) is 11.0. The standard InChI is InChI=1S/C9H12N2.2C2H6/c1-7-3-4-10-9-6-11(2)5-8(7)9;2*1-2/h3-4H,5-6H2,1-2H3;2*1-2H3. The molecule has 1 aromatic rings. The fourth-order valence-corrected chi connectivity index (χ4v) is 1.58. The van der Waals surface area contributed by atoms with Crippen LogP contribution in [0.3, 0.4) is 0 Å². The predicted octanol–water partition coefficient (Wildman–Crippen LogP) is 3.39. The third-order valence-electron chi connectivity index (χ3n) is 2.23. The molecule has 0 aliphatic carbocycles. The van der Waals surface area contributed by atoms with E-state index >= 15 is 0 Å². The lowest BCUT2D eigenvalue weighted by atomic mass is 10.1. The zero-order valence-electron chi connectivity index (χ0n) is 11.0. The second-order valence-electron chi connectivity index (χ2n) is 3.23. The van der Waals surface area contributed by atoms with Gasteiger partial charge in [0.15, 0.2) is 0 Å². The molecule has 2 heteroatoms. The number of hydrogen-bond donors (Lipinski definition) is 0. The Labute approximate surface area is 94.3 Å². The highest BCUT2D eigenvalue weighted by Crippen LogP contribution is 2.21. The Balaban J connectivity index is 0.000000442. The topological polar surface area (TPSA) is 16.1 Å². The van der Waals surface area contributed by atoms with Crippen LogP contribution in [-0.4, -0.2) is 16.9 Å². The van der Waals surface area contributed by atoms with Gasteiger partial charge in [-0.15, -0.1) is 0 Å². The number of pyridine rings is 1. The van der Waals surface area contributed by atoms with Crippen LogP contribution in [0.25, 0.3) is 0 Å². The maximum absolute atomic E-state index is 4.33. The van der Waals surface area contributed by atoms with Crippen LogP contribution in [0, 0.1) is 6.92 Å². The molecule has 0 fully saturated rings. The quantitative estimate of drug-likeness (QED) is 0.649. The fraction of sp³-hybridized carbons (Fsp3) is 0.615.